The lowest BCUT2D eigenvalue weighted by Gasteiger charge is -1.88. The molecular formula is C7H12F2. The van der Waals surface area contributed by atoms with Gasteiger partial charge in [0, 0.05) is 11.8 Å². The Morgan fingerprint density at radius 1 is 1.11 bits per heavy atom. The van der Waals surface area contributed by atoms with Crippen LogP contribution in [-0.4, -0.2) is 5.92 Å². The summed E-state index contributed by atoms with van der Waals surface area (Å²) in [6.45, 7) is 3.66. The Bertz CT molecular complexity index is 97.5. The first kappa shape index (κ1) is 6.97. The zero-order valence-electron chi connectivity index (χ0n) is 5.82. The van der Waals surface area contributed by atoms with Crippen molar-refractivity contribution >= 4 is 0 Å². The average Bonchev–Trinajstić information content (AvgIpc) is 2.32. The molecule has 0 bridgehead atoms. The van der Waals surface area contributed by atoms with Crippen LogP contribution in [0.1, 0.15) is 26.7 Å². The second kappa shape index (κ2) is 1.93. The van der Waals surface area contributed by atoms with Gasteiger partial charge in [-0.05, 0) is 12.8 Å². The van der Waals surface area contributed by atoms with Crippen molar-refractivity contribution in [3.05, 3.63) is 0 Å². The first-order chi connectivity index (χ1) is 4.14. The monoisotopic (exact) mass is 134 g/mol. The summed E-state index contributed by atoms with van der Waals surface area (Å²) in [5, 5.41) is 0. The summed E-state index contributed by atoms with van der Waals surface area (Å²) in [6, 6.07) is 0. The number of halogens is 2. The lowest BCUT2D eigenvalue weighted by atomic mass is 10.2. The second-order valence-electron chi connectivity index (χ2n) is 2.70. The van der Waals surface area contributed by atoms with Crippen LogP contribution in [0.3, 0.4) is 0 Å². The van der Waals surface area contributed by atoms with Gasteiger partial charge in [0.1, 0.15) is 0 Å². The molecule has 2 heteroatoms. The molecule has 1 aliphatic carbocycles. The van der Waals surface area contributed by atoms with Crippen LogP contribution >= 0.6 is 0 Å². The van der Waals surface area contributed by atoms with E-state index in [2.05, 4.69) is 0 Å². The molecule has 54 valence electrons. The van der Waals surface area contributed by atoms with Crippen molar-refractivity contribution in [2.75, 3.05) is 0 Å². The molecular weight excluding hydrogens is 122 g/mol. The Morgan fingerprint density at radius 2 is 1.44 bits per heavy atom. The Kier molecular flexibility index (Phi) is 1.49. The lowest BCUT2D eigenvalue weighted by Crippen LogP contribution is -1.93. The van der Waals surface area contributed by atoms with Crippen molar-refractivity contribution in [3.63, 3.8) is 0 Å². The smallest absolute Gasteiger partial charge is 0.206 e. The summed E-state index contributed by atoms with van der Waals surface area (Å²) < 4.78 is 24.9. The van der Waals surface area contributed by atoms with Crippen molar-refractivity contribution in [3.8, 4) is 0 Å². The standard InChI is InChI=1S/C7H12F2/c1-3-5-6(4-2)7(5,8)9/h5-6H,3-4H2,1-2H3. The predicted molar refractivity (Wildman–Crippen MR) is 32.5 cm³/mol. The van der Waals surface area contributed by atoms with E-state index < -0.39 is 5.92 Å². The molecule has 0 saturated heterocycles. The molecule has 0 aromatic heterocycles. The Balaban J connectivity index is 2.45. The molecule has 0 N–H and O–H groups in total. The SMILES string of the molecule is CCC1C(CC)C1(F)F. The summed E-state index contributed by atoms with van der Waals surface area (Å²) in [5.74, 6) is -2.92. The first-order valence-corrected chi connectivity index (χ1v) is 3.52. The van der Waals surface area contributed by atoms with Gasteiger partial charge in [-0.3, -0.25) is 0 Å². The van der Waals surface area contributed by atoms with Crippen LogP contribution in [0.5, 0.6) is 0 Å². The number of alkyl halides is 2. The van der Waals surface area contributed by atoms with Gasteiger partial charge in [0.2, 0.25) is 0 Å². The van der Waals surface area contributed by atoms with E-state index >= 15 is 0 Å². The van der Waals surface area contributed by atoms with Crippen LogP contribution in [-0.2, 0) is 0 Å². The van der Waals surface area contributed by atoms with Crippen LogP contribution in [0.2, 0.25) is 0 Å². The average molecular weight is 134 g/mol. The molecule has 2 unspecified atom stereocenters. The van der Waals surface area contributed by atoms with E-state index in [1.165, 1.54) is 0 Å². The quantitative estimate of drug-likeness (QED) is 0.544. The van der Waals surface area contributed by atoms with E-state index in [0.717, 1.165) is 0 Å². The molecule has 0 radical (unpaired) electrons. The highest BCUT2D eigenvalue weighted by atomic mass is 19.3. The minimum Gasteiger partial charge on any atom is -0.206 e. The maximum Gasteiger partial charge on any atom is 0.254 e. The molecule has 0 heterocycles. The van der Waals surface area contributed by atoms with E-state index in [4.69, 9.17) is 0 Å². The van der Waals surface area contributed by atoms with Crippen molar-refractivity contribution in [2.45, 2.75) is 32.6 Å². The van der Waals surface area contributed by atoms with Gasteiger partial charge in [-0.15, -0.1) is 0 Å². The highest BCUT2D eigenvalue weighted by Crippen LogP contribution is 2.58. The molecule has 1 fully saturated rings. The maximum atomic E-state index is 12.5. The molecule has 0 amide bonds. The van der Waals surface area contributed by atoms with Crippen molar-refractivity contribution in [2.24, 2.45) is 11.8 Å². The van der Waals surface area contributed by atoms with Gasteiger partial charge in [0.25, 0.3) is 5.92 Å². The molecule has 1 aliphatic rings. The first-order valence-electron chi connectivity index (χ1n) is 3.52. The van der Waals surface area contributed by atoms with Gasteiger partial charge in [-0.25, -0.2) is 8.78 Å². The molecule has 9 heavy (non-hydrogen) atoms. The largest absolute Gasteiger partial charge is 0.254 e. The summed E-state index contributed by atoms with van der Waals surface area (Å²) >= 11 is 0. The minimum atomic E-state index is -2.32. The molecule has 0 aromatic carbocycles. The van der Waals surface area contributed by atoms with Crippen LogP contribution in [0.15, 0.2) is 0 Å². The third kappa shape index (κ3) is 0.846. The second-order valence-corrected chi connectivity index (χ2v) is 2.70. The Labute approximate surface area is 54.3 Å². The minimum absolute atomic E-state index is 0.303. The topological polar surface area (TPSA) is 0 Å². The fraction of sp³-hybridized carbons (Fsp3) is 1.00. The third-order valence-electron chi connectivity index (χ3n) is 2.24. The summed E-state index contributed by atoms with van der Waals surface area (Å²) in [6.07, 6.45) is 1.26. The Hall–Kier alpha value is -0.140. The van der Waals surface area contributed by atoms with E-state index in [-0.39, 0.29) is 11.8 Å². The molecule has 1 saturated carbocycles. The van der Waals surface area contributed by atoms with Crippen molar-refractivity contribution < 1.29 is 8.78 Å². The number of hydrogen-bond donors (Lipinski definition) is 0. The van der Waals surface area contributed by atoms with Gasteiger partial charge in [0.15, 0.2) is 0 Å². The zero-order chi connectivity index (χ0) is 7.07. The highest BCUT2D eigenvalue weighted by Gasteiger charge is 2.65. The third-order valence-corrected chi connectivity index (χ3v) is 2.24. The zero-order valence-corrected chi connectivity index (χ0v) is 5.82. The summed E-state index contributed by atoms with van der Waals surface area (Å²) in [5.41, 5.74) is 0. The lowest BCUT2D eigenvalue weighted by molar-refractivity contribution is 0.0829. The Morgan fingerprint density at radius 3 is 1.56 bits per heavy atom. The molecule has 2 atom stereocenters. The van der Waals surface area contributed by atoms with E-state index in [1.54, 1.807) is 0 Å². The predicted octanol–water partition coefficient (Wildman–Crippen LogP) is 2.69. The molecule has 0 aromatic rings. The van der Waals surface area contributed by atoms with Crippen LogP contribution < -0.4 is 0 Å². The van der Waals surface area contributed by atoms with E-state index in [0.29, 0.717) is 12.8 Å². The van der Waals surface area contributed by atoms with Gasteiger partial charge >= 0.3 is 0 Å². The number of hydrogen-bond acceptors (Lipinski definition) is 0. The van der Waals surface area contributed by atoms with Gasteiger partial charge in [-0.2, -0.15) is 0 Å². The normalized spacial score (nSPS) is 38.7. The van der Waals surface area contributed by atoms with E-state index in [1.807, 2.05) is 13.8 Å². The van der Waals surface area contributed by atoms with Crippen LogP contribution in [0, 0.1) is 11.8 Å². The van der Waals surface area contributed by atoms with Gasteiger partial charge < -0.3 is 0 Å². The molecule has 1 rings (SSSR count). The number of rotatable bonds is 2. The molecule has 0 aliphatic heterocycles. The summed E-state index contributed by atoms with van der Waals surface area (Å²) in [7, 11) is 0. The fourth-order valence-electron chi connectivity index (χ4n) is 1.57. The van der Waals surface area contributed by atoms with Gasteiger partial charge in [0.05, 0.1) is 0 Å². The molecule has 0 spiro atoms. The van der Waals surface area contributed by atoms with Crippen LogP contribution in [0.25, 0.3) is 0 Å². The fourth-order valence-corrected chi connectivity index (χ4v) is 1.57. The maximum absolute atomic E-state index is 12.5. The van der Waals surface area contributed by atoms with Gasteiger partial charge in [-0.1, -0.05) is 13.8 Å². The summed E-state index contributed by atoms with van der Waals surface area (Å²) in [4.78, 5) is 0. The van der Waals surface area contributed by atoms with Crippen LogP contribution in [0.4, 0.5) is 8.78 Å². The highest BCUT2D eigenvalue weighted by molar-refractivity contribution is 5.03. The molecule has 0 nitrogen and oxygen atoms in total. The van der Waals surface area contributed by atoms with E-state index in [9.17, 15) is 8.78 Å². The van der Waals surface area contributed by atoms with Crippen molar-refractivity contribution in [1.82, 2.24) is 0 Å². The van der Waals surface area contributed by atoms with Crippen molar-refractivity contribution in [1.29, 1.82) is 0 Å².